The Morgan fingerprint density at radius 3 is 2.73 bits per heavy atom. The highest BCUT2D eigenvalue weighted by molar-refractivity contribution is 6.03. The molecule has 2 aliphatic rings. The van der Waals surface area contributed by atoms with Gasteiger partial charge in [-0.3, -0.25) is 4.79 Å². The second-order valence-electron chi connectivity index (χ2n) is 11.0. The van der Waals surface area contributed by atoms with Gasteiger partial charge in [0.2, 0.25) is 5.89 Å². The quantitative estimate of drug-likeness (QED) is 0.398. The van der Waals surface area contributed by atoms with E-state index in [0.29, 0.717) is 22.6 Å². The minimum Gasteiger partial charge on any atom is -0.444 e. The van der Waals surface area contributed by atoms with Gasteiger partial charge in [-0.25, -0.2) is 9.50 Å². The van der Waals surface area contributed by atoms with Crippen molar-refractivity contribution in [3.8, 4) is 11.5 Å². The highest BCUT2D eigenvalue weighted by atomic mass is 16.5. The van der Waals surface area contributed by atoms with Crippen LogP contribution < -0.4 is 5.32 Å². The molecule has 37 heavy (non-hydrogen) atoms. The third-order valence-corrected chi connectivity index (χ3v) is 7.18. The molecule has 0 saturated carbocycles. The molecule has 1 spiro atoms. The molecule has 2 saturated heterocycles. The second-order valence-corrected chi connectivity index (χ2v) is 11.0. The monoisotopic (exact) mass is 501 g/mol. The lowest BCUT2D eigenvalue weighted by Crippen LogP contribution is -2.66. The average Bonchev–Trinajstić information content (AvgIpc) is 3.43. The van der Waals surface area contributed by atoms with Gasteiger partial charge < -0.3 is 24.5 Å². The van der Waals surface area contributed by atoms with E-state index in [4.69, 9.17) is 14.3 Å². The Balaban J connectivity index is 1.20. The highest BCUT2D eigenvalue weighted by Crippen LogP contribution is 2.37. The van der Waals surface area contributed by atoms with Gasteiger partial charge >= 0.3 is 0 Å². The largest absolute Gasteiger partial charge is 0.444 e. The van der Waals surface area contributed by atoms with E-state index in [9.17, 15) is 9.90 Å². The van der Waals surface area contributed by atoms with Gasteiger partial charge in [-0.05, 0) is 45.0 Å². The first-order chi connectivity index (χ1) is 17.7. The van der Waals surface area contributed by atoms with E-state index in [0.717, 1.165) is 61.6 Å². The molecule has 3 aromatic heterocycles. The van der Waals surface area contributed by atoms with Crippen molar-refractivity contribution in [1.29, 1.82) is 0 Å². The number of aromatic nitrogens is 3. The molecule has 192 valence electrons. The Morgan fingerprint density at radius 1 is 1.22 bits per heavy atom. The van der Waals surface area contributed by atoms with Crippen LogP contribution in [-0.4, -0.2) is 63.4 Å². The fourth-order valence-electron chi connectivity index (χ4n) is 5.19. The fraction of sp³-hybridized carbons (Fsp3) is 0.393. The van der Waals surface area contributed by atoms with E-state index in [2.05, 4.69) is 15.2 Å². The van der Waals surface area contributed by atoms with Gasteiger partial charge in [-0.2, -0.15) is 5.10 Å². The number of likely N-dealkylation sites (tertiary alicyclic amines) is 1. The van der Waals surface area contributed by atoms with Crippen LogP contribution in [0.4, 0.5) is 5.69 Å². The molecule has 2 aliphatic heterocycles. The van der Waals surface area contributed by atoms with Crippen molar-refractivity contribution in [3.05, 3.63) is 71.4 Å². The van der Waals surface area contributed by atoms with Gasteiger partial charge in [0.05, 0.1) is 35.7 Å². The molecule has 9 heteroatoms. The van der Waals surface area contributed by atoms with Gasteiger partial charge in [0.1, 0.15) is 6.26 Å². The maximum absolute atomic E-state index is 13.1. The van der Waals surface area contributed by atoms with Gasteiger partial charge in [0, 0.05) is 48.8 Å². The SMILES string of the molecule is Cc1cccc(-c2nc(C(=O)Nc3cc4cc(CCN5CC6(COC6)C5)nn4cc3C(C)(C)O)co2)c1. The first kappa shape index (κ1) is 23.8. The average molecular weight is 502 g/mol. The van der Waals surface area contributed by atoms with Gasteiger partial charge in [-0.1, -0.05) is 17.7 Å². The van der Waals surface area contributed by atoms with Crippen LogP contribution in [0.3, 0.4) is 0 Å². The van der Waals surface area contributed by atoms with Crippen molar-refractivity contribution in [2.24, 2.45) is 5.41 Å². The number of pyridine rings is 1. The summed E-state index contributed by atoms with van der Waals surface area (Å²) in [6, 6.07) is 11.6. The van der Waals surface area contributed by atoms with Crippen molar-refractivity contribution < 1.29 is 19.1 Å². The van der Waals surface area contributed by atoms with Crippen molar-refractivity contribution in [1.82, 2.24) is 19.5 Å². The van der Waals surface area contributed by atoms with Gasteiger partial charge in [0.25, 0.3) is 5.91 Å². The van der Waals surface area contributed by atoms with Crippen LogP contribution in [0.2, 0.25) is 0 Å². The number of hydrogen-bond donors (Lipinski definition) is 2. The summed E-state index contributed by atoms with van der Waals surface area (Å²) >= 11 is 0. The van der Waals surface area contributed by atoms with Gasteiger partial charge in [0.15, 0.2) is 5.69 Å². The van der Waals surface area contributed by atoms with Crippen LogP contribution in [0.25, 0.3) is 17.0 Å². The highest BCUT2D eigenvalue weighted by Gasteiger charge is 2.48. The topological polar surface area (TPSA) is 105 Å². The number of carbonyl (C=O) groups excluding carboxylic acids is 1. The smallest absolute Gasteiger partial charge is 0.277 e. The fourth-order valence-corrected chi connectivity index (χ4v) is 5.19. The third kappa shape index (κ3) is 4.66. The maximum atomic E-state index is 13.1. The number of aliphatic hydroxyl groups is 1. The number of ether oxygens (including phenoxy) is 1. The normalized spacial score (nSPS) is 17.1. The zero-order valence-electron chi connectivity index (χ0n) is 21.3. The van der Waals surface area contributed by atoms with Crippen molar-refractivity contribution in [3.63, 3.8) is 0 Å². The summed E-state index contributed by atoms with van der Waals surface area (Å²) in [5, 5.41) is 18.5. The summed E-state index contributed by atoms with van der Waals surface area (Å²) in [5.41, 5.74) is 4.11. The van der Waals surface area contributed by atoms with E-state index in [1.807, 2.05) is 43.3 Å². The molecule has 0 atom stereocenters. The standard InChI is InChI=1S/C28H31N5O4/c1-18-5-4-6-19(9-18)26-30-24(13-37-26)25(34)29-23-11-21-10-20(31-33(21)12-22(23)27(2,3)35)7-8-32-14-28(15-32)16-36-17-28/h4-6,9-13,35H,7-8,14-17H2,1-3H3,(H,29,34). The molecule has 1 aromatic carbocycles. The predicted molar refractivity (Wildman–Crippen MR) is 138 cm³/mol. The summed E-state index contributed by atoms with van der Waals surface area (Å²) in [4.78, 5) is 19.9. The molecule has 0 unspecified atom stereocenters. The minimum atomic E-state index is -1.20. The molecule has 9 nitrogen and oxygen atoms in total. The van der Waals surface area contributed by atoms with Crippen LogP contribution >= 0.6 is 0 Å². The predicted octanol–water partition coefficient (Wildman–Crippen LogP) is 3.65. The summed E-state index contributed by atoms with van der Waals surface area (Å²) in [5.74, 6) is -0.0330. The summed E-state index contributed by atoms with van der Waals surface area (Å²) < 4.78 is 12.7. The number of carbonyl (C=O) groups is 1. The molecule has 4 aromatic rings. The van der Waals surface area contributed by atoms with Crippen molar-refractivity contribution in [2.75, 3.05) is 38.2 Å². The number of nitrogens with zero attached hydrogens (tertiary/aromatic N) is 4. The Bertz CT molecular complexity index is 1470. The van der Waals surface area contributed by atoms with E-state index >= 15 is 0 Å². The Kier molecular flexibility index (Phi) is 5.67. The number of nitrogens with one attached hydrogen (secondary N) is 1. The van der Waals surface area contributed by atoms with Crippen LogP contribution in [-0.2, 0) is 16.8 Å². The van der Waals surface area contributed by atoms with Crippen LogP contribution in [0.5, 0.6) is 0 Å². The number of fused-ring (bicyclic) bond motifs is 1. The number of benzene rings is 1. The van der Waals surface area contributed by atoms with Crippen LogP contribution in [0, 0.1) is 12.3 Å². The lowest BCUT2D eigenvalue weighted by molar-refractivity contribution is -0.188. The van der Waals surface area contributed by atoms with Crippen LogP contribution in [0.1, 0.15) is 41.2 Å². The number of amides is 1. The zero-order chi connectivity index (χ0) is 25.8. The molecule has 0 radical (unpaired) electrons. The number of anilines is 1. The molecular formula is C28H31N5O4. The van der Waals surface area contributed by atoms with E-state index in [1.54, 1.807) is 24.6 Å². The Hall–Kier alpha value is -3.53. The van der Waals surface area contributed by atoms with E-state index in [1.165, 1.54) is 6.26 Å². The molecule has 6 rings (SSSR count). The Labute approximate surface area is 215 Å². The molecule has 2 fully saturated rings. The second kappa shape index (κ2) is 8.79. The number of rotatable bonds is 7. The molecular weight excluding hydrogens is 470 g/mol. The molecule has 0 bridgehead atoms. The number of oxazole rings is 1. The van der Waals surface area contributed by atoms with Gasteiger partial charge in [-0.15, -0.1) is 0 Å². The lowest BCUT2D eigenvalue weighted by atomic mass is 9.78. The summed E-state index contributed by atoms with van der Waals surface area (Å²) in [7, 11) is 0. The minimum absolute atomic E-state index is 0.163. The van der Waals surface area contributed by atoms with Crippen molar-refractivity contribution >= 4 is 17.1 Å². The van der Waals surface area contributed by atoms with Crippen molar-refractivity contribution in [2.45, 2.75) is 32.8 Å². The van der Waals surface area contributed by atoms with E-state index < -0.39 is 11.5 Å². The lowest BCUT2D eigenvalue weighted by Gasteiger charge is -2.55. The summed E-state index contributed by atoms with van der Waals surface area (Å²) in [6.07, 6.45) is 3.96. The molecule has 2 N–H and O–H groups in total. The Morgan fingerprint density at radius 2 is 2.03 bits per heavy atom. The first-order valence-corrected chi connectivity index (χ1v) is 12.6. The zero-order valence-corrected chi connectivity index (χ0v) is 21.3. The molecule has 0 aliphatic carbocycles. The number of aryl methyl sites for hydroxylation is 1. The first-order valence-electron chi connectivity index (χ1n) is 12.6. The third-order valence-electron chi connectivity index (χ3n) is 7.18. The number of hydrogen-bond acceptors (Lipinski definition) is 7. The van der Waals surface area contributed by atoms with E-state index in [-0.39, 0.29) is 5.69 Å². The maximum Gasteiger partial charge on any atom is 0.277 e. The molecule has 5 heterocycles. The molecule has 1 amide bonds. The van der Waals surface area contributed by atoms with Crippen LogP contribution in [0.15, 0.2) is 53.3 Å². The summed E-state index contributed by atoms with van der Waals surface area (Å²) in [6.45, 7) is 10.2.